The lowest BCUT2D eigenvalue weighted by atomic mass is 10.1. The number of hydrogen-bond donors (Lipinski definition) is 1. The number of carbonyl (C=O) groups is 1. The summed E-state index contributed by atoms with van der Waals surface area (Å²) in [5, 5.41) is 4.97. The molecule has 1 heterocycles. The highest BCUT2D eigenvalue weighted by Gasteiger charge is 2.14. The first-order valence-electron chi connectivity index (χ1n) is 8.14. The summed E-state index contributed by atoms with van der Waals surface area (Å²) in [7, 11) is 1.56. The first-order valence-corrected chi connectivity index (χ1v) is 8.14. The minimum Gasteiger partial charge on any atom is -0.493 e. The molecular formula is C20H20N2O3. The fourth-order valence-electron chi connectivity index (χ4n) is 2.62. The standard InChI is InChI=1S/C20H20N2O3/c1-3-25-18-12-16-7-5-4-6-15(16)11-17(18)20(23)22-13-14-8-9-21-19(10-14)24-2/h4-12H,3,13H2,1-2H3,(H,22,23). The molecule has 1 aromatic heterocycles. The fourth-order valence-corrected chi connectivity index (χ4v) is 2.62. The Hall–Kier alpha value is -3.08. The molecule has 0 atom stereocenters. The molecule has 0 bridgehead atoms. The van der Waals surface area contributed by atoms with Gasteiger partial charge >= 0.3 is 0 Å². The highest BCUT2D eigenvalue weighted by atomic mass is 16.5. The van der Waals surface area contributed by atoms with Gasteiger partial charge in [0.1, 0.15) is 5.75 Å². The highest BCUT2D eigenvalue weighted by Crippen LogP contribution is 2.26. The molecule has 0 fully saturated rings. The quantitative estimate of drug-likeness (QED) is 0.747. The highest BCUT2D eigenvalue weighted by molar-refractivity contribution is 6.01. The Kier molecular flexibility index (Phi) is 5.14. The molecule has 25 heavy (non-hydrogen) atoms. The summed E-state index contributed by atoms with van der Waals surface area (Å²) in [6.07, 6.45) is 1.65. The SMILES string of the molecule is CCOc1cc2ccccc2cc1C(=O)NCc1ccnc(OC)c1. The summed E-state index contributed by atoms with van der Waals surface area (Å²) in [6.45, 7) is 2.79. The Labute approximate surface area is 146 Å². The number of amides is 1. The van der Waals surface area contributed by atoms with Gasteiger partial charge in [0.25, 0.3) is 5.91 Å². The third-order valence-corrected chi connectivity index (χ3v) is 3.85. The zero-order valence-electron chi connectivity index (χ0n) is 14.3. The van der Waals surface area contributed by atoms with E-state index in [2.05, 4.69) is 10.3 Å². The molecule has 0 saturated carbocycles. The zero-order chi connectivity index (χ0) is 17.6. The van der Waals surface area contributed by atoms with E-state index in [-0.39, 0.29) is 5.91 Å². The first kappa shape index (κ1) is 16.8. The summed E-state index contributed by atoms with van der Waals surface area (Å²) < 4.78 is 10.8. The average molecular weight is 336 g/mol. The van der Waals surface area contributed by atoms with Crippen molar-refractivity contribution in [3.63, 3.8) is 0 Å². The second-order valence-corrected chi connectivity index (χ2v) is 5.52. The van der Waals surface area contributed by atoms with E-state index >= 15 is 0 Å². The summed E-state index contributed by atoms with van der Waals surface area (Å²) in [4.78, 5) is 16.7. The molecule has 0 aliphatic rings. The Morgan fingerprint density at radius 2 is 1.88 bits per heavy atom. The van der Waals surface area contributed by atoms with Crippen LogP contribution in [0.2, 0.25) is 0 Å². The molecule has 1 N–H and O–H groups in total. The van der Waals surface area contributed by atoms with Gasteiger partial charge in [-0.25, -0.2) is 4.98 Å². The Morgan fingerprint density at radius 1 is 1.12 bits per heavy atom. The number of carbonyl (C=O) groups excluding carboxylic acids is 1. The van der Waals surface area contributed by atoms with E-state index in [1.807, 2.05) is 49.4 Å². The van der Waals surface area contributed by atoms with Crippen LogP contribution >= 0.6 is 0 Å². The zero-order valence-corrected chi connectivity index (χ0v) is 14.3. The third-order valence-electron chi connectivity index (χ3n) is 3.85. The van der Waals surface area contributed by atoms with Gasteiger partial charge in [0, 0.05) is 18.8 Å². The lowest BCUT2D eigenvalue weighted by molar-refractivity contribution is 0.0947. The lowest BCUT2D eigenvalue weighted by Gasteiger charge is -2.12. The molecule has 5 heteroatoms. The monoisotopic (exact) mass is 336 g/mol. The van der Waals surface area contributed by atoms with Crippen LogP contribution < -0.4 is 14.8 Å². The van der Waals surface area contributed by atoms with Crippen LogP contribution in [-0.2, 0) is 6.54 Å². The van der Waals surface area contributed by atoms with Gasteiger partial charge in [-0.3, -0.25) is 4.79 Å². The molecule has 0 radical (unpaired) electrons. The summed E-state index contributed by atoms with van der Waals surface area (Å²) >= 11 is 0. The van der Waals surface area contributed by atoms with Crippen LogP contribution in [0, 0.1) is 0 Å². The number of methoxy groups -OCH3 is 1. The van der Waals surface area contributed by atoms with Gasteiger partial charge < -0.3 is 14.8 Å². The second-order valence-electron chi connectivity index (χ2n) is 5.52. The van der Waals surface area contributed by atoms with Crippen molar-refractivity contribution >= 4 is 16.7 Å². The number of aromatic nitrogens is 1. The van der Waals surface area contributed by atoms with Crippen molar-refractivity contribution in [2.24, 2.45) is 0 Å². The van der Waals surface area contributed by atoms with Gasteiger partial charge in [-0.2, -0.15) is 0 Å². The van der Waals surface area contributed by atoms with Crippen LogP contribution in [0.5, 0.6) is 11.6 Å². The number of fused-ring (bicyclic) bond motifs is 1. The first-order chi connectivity index (χ1) is 12.2. The second kappa shape index (κ2) is 7.66. The average Bonchev–Trinajstić information content (AvgIpc) is 2.66. The molecule has 0 aliphatic carbocycles. The number of ether oxygens (including phenoxy) is 2. The fraction of sp³-hybridized carbons (Fsp3) is 0.200. The van der Waals surface area contributed by atoms with Gasteiger partial charge in [-0.05, 0) is 41.5 Å². The maximum absolute atomic E-state index is 12.7. The van der Waals surface area contributed by atoms with Gasteiger partial charge in [0.15, 0.2) is 0 Å². The Bertz CT molecular complexity index is 893. The lowest BCUT2D eigenvalue weighted by Crippen LogP contribution is -2.23. The van der Waals surface area contributed by atoms with E-state index < -0.39 is 0 Å². The number of nitrogens with one attached hydrogen (secondary N) is 1. The molecule has 3 aromatic rings. The number of hydrogen-bond acceptors (Lipinski definition) is 4. The van der Waals surface area contributed by atoms with E-state index in [9.17, 15) is 4.79 Å². The third kappa shape index (κ3) is 3.88. The smallest absolute Gasteiger partial charge is 0.255 e. The van der Waals surface area contributed by atoms with Gasteiger partial charge in [-0.1, -0.05) is 24.3 Å². The topological polar surface area (TPSA) is 60.5 Å². The molecule has 3 rings (SSSR count). The summed E-state index contributed by atoms with van der Waals surface area (Å²) in [6, 6.07) is 15.3. The molecule has 0 unspecified atom stereocenters. The van der Waals surface area contributed by atoms with Crippen molar-refractivity contribution < 1.29 is 14.3 Å². The maximum Gasteiger partial charge on any atom is 0.255 e. The van der Waals surface area contributed by atoms with Gasteiger partial charge in [-0.15, -0.1) is 0 Å². The molecule has 5 nitrogen and oxygen atoms in total. The van der Waals surface area contributed by atoms with Crippen molar-refractivity contribution in [3.8, 4) is 11.6 Å². The Morgan fingerprint density at radius 3 is 2.60 bits per heavy atom. The summed E-state index contributed by atoms with van der Waals surface area (Å²) in [5.41, 5.74) is 1.44. The van der Waals surface area contributed by atoms with E-state index in [0.717, 1.165) is 16.3 Å². The molecular weight excluding hydrogens is 316 g/mol. The van der Waals surface area contributed by atoms with Crippen LogP contribution in [-0.4, -0.2) is 24.6 Å². The van der Waals surface area contributed by atoms with E-state index in [0.29, 0.717) is 30.3 Å². The minimum absolute atomic E-state index is 0.176. The van der Waals surface area contributed by atoms with Crippen LogP contribution in [0.25, 0.3) is 10.8 Å². The van der Waals surface area contributed by atoms with Crippen LogP contribution in [0.15, 0.2) is 54.7 Å². The molecule has 1 amide bonds. The molecule has 0 aliphatic heterocycles. The molecule has 0 spiro atoms. The van der Waals surface area contributed by atoms with E-state index in [1.165, 1.54) is 0 Å². The van der Waals surface area contributed by atoms with Crippen LogP contribution in [0.1, 0.15) is 22.8 Å². The maximum atomic E-state index is 12.7. The van der Waals surface area contributed by atoms with Gasteiger partial charge in [0.05, 0.1) is 19.3 Å². The predicted octanol–water partition coefficient (Wildman–Crippen LogP) is 3.57. The van der Waals surface area contributed by atoms with Crippen molar-refractivity contribution in [2.45, 2.75) is 13.5 Å². The van der Waals surface area contributed by atoms with Gasteiger partial charge in [0.2, 0.25) is 5.88 Å². The predicted molar refractivity (Wildman–Crippen MR) is 97.1 cm³/mol. The number of pyridine rings is 1. The molecule has 128 valence electrons. The number of rotatable bonds is 6. The normalized spacial score (nSPS) is 10.5. The van der Waals surface area contributed by atoms with Crippen molar-refractivity contribution in [3.05, 3.63) is 65.9 Å². The van der Waals surface area contributed by atoms with Crippen LogP contribution in [0.3, 0.4) is 0 Å². The largest absolute Gasteiger partial charge is 0.493 e. The van der Waals surface area contributed by atoms with Crippen molar-refractivity contribution in [2.75, 3.05) is 13.7 Å². The molecule has 0 saturated heterocycles. The van der Waals surface area contributed by atoms with E-state index in [4.69, 9.17) is 9.47 Å². The minimum atomic E-state index is -0.176. The Balaban J connectivity index is 1.83. The van der Waals surface area contributed by atoms with Crippen LogP contribution in [0.4, 0.5) is 0 Å². The van der Waals surface area contributed by atoms with E-state index in [1.54, 1.807) is 19.4 Å². The van der Waals surface area contributed by atoms with Crippen molar-refractivity contribution in [1.29, 1.82) is 0 Å². The number of nitrogens with zero attached hydrogens (tertiary/aromatic N) is 1. The number of benzene rings is 2. The summed E-state index contributed by atoms with van der Waals surface area (Å²) in [5.74, 6) is 0.934. The van der Waals surface area contributed by atoms with Crippen molar-refractivity contribution in [1.82, 2.24) is 10.3 Å². The molecule has 2 aromatic carbocycles.